The van der Waals surface area contributed by atoms with Crippen LogP contribution in [0.2, 0.25) is 0 Å². The van der Waals surface area contributed by atoms with Crippen LogP contribution >= 0.6 is 0 Å². The Hall–Kier alpha value is -0.0400. The van der Waals surface area contributed by atoms with Crippen molar-refractivity contribution in [1.82, 2.24) is 0 Å². The number of hydrogen-bond acceptors (Lipinski definition) is 1. The molecule has 0 heterocycles. The summed E-state index contributed by atoms with van der Waals surface area (Å²) in [6.45, 7) is 2.80. The van der Waals surface area contributed by atoms with E-state index in [0.29, 0.717) is 6.61 Å². The van der Waals surface area contributed by atoms with Crippen molar-refractivity contribution in [3.05, 3.63) is 0 Å². The fourth-order valence-electron chi connectivity index (χ4n) is 0.706. The predicted octanol–water partition coefficient (Wildman–Crippen LogP) is 1.95. The predicted molar refractivity (Wildman–Crippen MR) is 35.8 cm³/mol. The Labute approximate surface area is 53.2 Å². The zero-order chi connectivity index (χ0) is 6.95. The molecule has 1 N–H and O–H groups in total. The van der Waals surface area contributed by atoms with E-state index in [1.807, 2.05) is 0 Å². The highest BCUT2D eigenvalue weighted by Crippen LogP contribution is 2.00. The van der Waals surface area contributed by atoms with Crippen molar-refractivity contribution in [2.24, 2.45) is 0 Å². The minimum Gasteiger partial charge on any atom is -0.396 e. The molecular weight excluding hydrogens is 100 g/mol. The van der Waals surface area contributed by atoms with Gasteiger partial charge in [-0.25, -0.2) is 0 Å². The second-order valence-electron chi connectivity index (χ2n) is 2.12. The van der Waals surface area contributed by atoms with Gasteiger partial charge in [0.15, 0.2) is 0 Å². The van der Waals surface area contributed by atoms with Gasteiger partial charge in [-0.1, -0.05) is 32.6 Å². The number of hydrogen-bond donors (Lipinski definition) is 1. The molecule has 0 bridgehead atoms. The molecule has 0 amide bonds. The lowest BCUT2D eigenvalue weighted by molar-refractivity contribution is 0.282. The molecule has 0 spiro atoms. The van der Waals surface area contributed by atoms with E-state index in [-0.39, 0.29) is 0 Å². The van der Waals surface area contributed by atoms with Gasteiger partial charge in [-0.05, 0) is 6.42 Å². The van der Waals surface area contributed by atoms with Crippen molar-refractivity contribution in [3.8, 4) is 0 Å². The Bertz CT molecular complexity index is 42.2. The number of unbranched alkanes of at least 4 members (excludes halogenated alkanes) is 4. The standard InChI is InChI=1S/C7H16O/c1-2-3-4-5-6-7-8/h8H,2-7H2,1H3/i8D. The van der Waals surface area contributed by atoms with Gasteiger partial charge in [0, 0.05) is 6.61 Å². The Morgan fingerprint density at radius 2 is 2.00 bits per heavy atom. The largest absolute Gasteiger partial charge is 0.396 e. The van der Waals surface area contributed by atoms with Gasteiger partial charge in [0.2, 0.25) is 1.43 Å². The highest BCUT2D eigenvalue weighted by molar-refractivity contribution is 4.39. The van der Waals surface area contributed by atoms with Gasteiger partial charge in [-0.15, -0.1) is 0 Å². The molecule has 0 aliphatic heterocycles. The molecule has 0 aromatic heterocycles. The molecule has 0 aliphatic carbocycles. The zero-order valence-electron chi connectivity index (χ0n) is 6.65. The van der Waals surface area contributed by atoms with E-state index in [0.717, 1.165) is 6.42 Å². The van der Waals surface area contributed by atoms with Crippen molar-refractivity contribution in [2.75, 3.05) is 6.61 Å². The molecule has 1 heteroatoms. The fourth-order valence-corrected chi connectivity index (χ4v) is 0.706. The van der Waals surface area contributed by atoms with E-state index >= 15 is 0 Å². The van der Waals surface area contributed by atoms with E-state index in [4.69, 9.17) is 1.43 Å². The molecule has 0 saturated heterocycles. The maximum Gasteiger partial charge on any atom is 0.210 e. The topological polar surface area (TPSA) is 20.2 Å². The minimum absolute atomic E-state index is 0.601. The maximum atomic E-state index is 6.38. The van der Waals surface area contributed by atoms with Crippen LogP contribution in [0.25, 0.3) is 0 Å². The van der Waals surface area contributed by atoms with E-state index < -0.39 is 0 Å². The van der Waals surface area contributed by atoms with E-state index in [2.05, 4.69) is 12.0 Å². The van der Waals surface area contributed by atoms with E-state index in [9.17, 15) is 0 Å². The average Bonchev–Trinajstić information content (AvgIpc) is 1.89. The first kappa shape index (κ1) is 6.09. The van der Waals surface area contributed by atoms with Crippen LogP contribution in [0.4, 0.5) is 0 Å². The molecular formula is C7H16O. The highest BCUT2D eigenvalue weighted by Gasteiger charge is 1.84. The van der Waals surface area contributed by atoms with Crippen molar-refractivity contribution >= 4 is 0 Å². The van der Waals surface area contributed by atoms with Gasteiger partial charge >= 0.3 is 0 Å². The highest BCUT2D eigenvalue weighted by atomic mass is 16.2. The molecule has 0 rings (SSSR count). The summed E-state index contributed by atoms with van der Waals surface area (Å²) in [5, 5.41) is 4.17. The van der Waals surface area contributed by atoms with Crippen molar-refractivity contribution < 1.29 is 5.11 Å². The van der Waals surface area contributed by atoms with Crippen LogP contribution in [-0.2, 0) is 0 Å². The first-order chi connectivity index (χ1) is 4.41. The summed E-state index contributed by atoms with van der Waals surface area (Å²) in [7, 11) is 0. The average molecular weight is 117 g/mol. The summed E-state index contributed by atoms with van der Waals surface area (Å²) < 4.78 is 6.38. The summed E-state index contributed by atoms with van der Waals surface area (Å²) in [6.07, 6.45) is 6.15. The van der Waals surface area contributed by atoms with Crippen molar-refractivity contribution in [1.29, 1.82) is 1.43 Å². The van der Waals surface area contributed by atoms with Gasteiger partial charge in [0.05, 0.1) is 0 Å². The molecule has 0 aromatic carbocycles. The first-order valence-corrected chi connectivity index (χ1v) is 3.50. The molecule has 0 atom stereocenters. The molecule has 0 aromatic rings. The normalized spacial score (nSPS) is 11.4. The van der Waals surface area contributed by atoms with Crippen LogP contribution < -0.4 is 0 Å². The van der Waals surface area contributed by atoms with Gasteiger partial charge in [0.1, 0.15) is 0 Å². The summed E-state index contributed by atoms with van der Waals surface area (Å²) in [5.74, 6) is 0. The van der Waals surface area contributed by atoms with Crippen molar-refractivity contribution in [3.63, 3.8) is 0 Å². The summed E-state index contributed by atoms with van der Waals surface area (Å²) in [4.78, 5) is 0. The fraction of sp³-hybridized carbons (Fsp3) is 1.00. The molecule has 8 heavy (non-hydrogen) atoms. The molecule has 0 unspecified atom stereocenters. The Morgan fingerprint density at radius 3 is 2.62 bits per heavy atom. The third kappa shape index (κ3) is 5.96. The lowest BCUT2D eigenvalue weighted by Gasteiger charge is -1.93. The Morgan fingerprint density at radius 1 is 1.25 bits per heavy atom. The smallest absolute Gasteiger partial charge is 0.210 e. The molecule has 0 radical (unpaired) electrons. The Balaban J connectivity index is 2.60. The number of rotatable bonds is 6. The van der Waals surface area contributed by atoms with Gasteiger partial charge in [0.25, 0.3) is 0 Å². The van der Waals surface area contributed by atoms with Crippen LogP contribution in [0.3, 0.4) is 0 Å². The van der Waals surface area contributed by atoms with Crippen molar-refractivity contribution in [2.45, 2.75) is 39.0 Å². The van der Waals surface area contributed by atoms with Crippen LogP contribution in [0.1, 0.15) is 39.0 Å². The van der Waals surface area contributed by atoms with E-state index in [1.54, 1.807) is 0 Å². The molecule has 0 saturated carbocycles. The van der Waals surface area contributed by atoms with Gasteiger partial charge < -0.3 is 5.11 Å². The van der Waals surface area contributed by atoms with Crippen LogP contribution in [0.15, 0.2) is 0 Å². The monoisotopic (exact) mass is 117 g/mol. The van der Waals surface area contributed by atoms with Gasteiger partial charge in [-0.3, -0.25) is 0 Å². The maximum absolute atomic E-state index is 6.38. The SMILES string of the molecule is [2H]OCCCCCCC. The zero-order valence-corrected chi connectivity index (χ0v) is 5.65. The molecule has 0 fully saturated rings. The van der Waals surface area contributed by atoms with Crippen LogP contribution in [0, 0.1) is 0 Å². The van der Waals surface area contributed by atoms with Crippen LogP contribution in [0.5, 0.6) is 0 Å². The number of aliphatic hydroxyl groups excluding tert-OH is 1. The number of aliphatic hydroxyl groups is 1. The van der Waals surface area contributed by atoms with Crippen LogP contribution in [-0.4, -0.2) is 13.1 Å². The Kier molecular flexibility index (Phi) is 5.29. The minimum atomic E-state index is 0.601. The van der Waals surface area contributed by atoms with E-state index in [1.165, 1.54) is 25.7 Å². The second-order valence-corrected chi connectivity index (χ2v) is 2.12. The molecule has 50 valence electrons. The third-order valence-corrected chi connectivity index (χ3v) is 1.25. The first-order valence-electron chi connectivity index (χ1n) is 3.90. The lowest BCUT2D eigenvalue weighted by atomic mass is 10.2. The third-order valence-electron chi connectivity index (χ3n) is 1.25. The molecule has 0 aliphatic rings. The summed E-state index contributed by atoms with van der Waals surface area (Å²) >= 11 is 0. The summed E-state index contributed by atoms with van der Waals surface area (Å²) in [6, 6.07) is 0. The molecule has 1 nitrogen and oxygen atoms in total. The van der Waals surface area contributed by atoms with Gasteiger partial charge in [-0.2, -0.15) is 0 Å². The lowest BCUT2D eigenvalue weighted by Crippen LogP contribution is -1.81. The summed E-state index contributed by atoms with van der Waals surface area (Å²) in [5.41, 5.74) is 0. The second kappa shape index (κ2) is 6.96. The quantitative estimate of drug-likeness (QED) is 0.527.